The van der Waals surface area contributed by atoms with Crippen molar-refractivity contribution in [2.45, 2.75) is 33.3 Å². The Morgan fingerprint density at radius 3 is 2.57 bits per heavy atom. The van der Waals surface area contributed by atoms with Gasteiger partial charge in [0.05, 0.1) is 29.7 Å². The maximum Gasteiger partial charge on any atom is 0.340 e. The third-order valence-corrected chi connectivity index (χ3v) is 5.48. The van der Waals surface area contributed by atoms with Crippen molar-refractivity contribution in [2.75, 3.05) is 6.54 Å². The molecule has 0 aliphatic heterocycles. The van der Waals surface area contributed by atoms with Crippen molar-refractivity contribution in [3.63, 3.8) is 0 Å². The van der Waals surface area contributed by atoms with Gasteiger partial charge in [-0.05, 0) is 49.1 Å². The highest BCUT2D eigenvalue weighted by molar-refractivity contribution is 6.07. The highest BCUT2D eigenvalue weighted by Gasteiger charge is 2.20. The maximum absolute atomic E-state index is 12.6. The van der Waals surface area contributed by atoms with E-state index in [1.807, 2.05) is 38.1 Å². The zero-order valence-corrected chi connectivity index (χ0v) is 17.1. The van der Waals surface area contributed by atoms with Crippen LogP contribution >= 0.6 is 0 Å². The molecule has 0 saturated heterocycles. The van der Waals surface area contributed by atoms with Gasteiger partial charge in [-0.3, -0.25) is 4.79 Å². The van der Waals surface area contributed by atoms with Gasteiger partial charge in [0.2, 0.25) is 5.91 Å². The van der Waals surface area contributed by atoms with E-state index >= 15 is 0 Å². The van der Waals surface area contributed by atoms with Crippen molar-refractivity contribution in [3.8, 4) is 0 Å². The molecule has 0 aliphatic rings. The maximum atomic E-state index is 12.6. The number of rotatable bonds is 5. The minimum Gasteiger partial charge on any atom is -0.463 e. The van der Waals surface area contributed by atoms with E-state index in [1.54, 1.807) is 25.3 Å². The Morgan fingerprint density at radius 2 is 1.83 bits per heavy atom. The van der Waals surface area contributed by atoms with Gasteiger partial charge in [0.25, 0.3) is 0 Å². The standard InChI is InChI=1S/C24H23NO5/c1-13-9-19-22(23-21(13)14(2)12-29-23)15(3)17(24(28)30-19)10-20(27)25-11-18(26)16-7-5-4-6-8-16/h4-9,12,18,26H,10-11H2,1-3H3,(H,25,27)/t18-/m1/s1. The van der Waals surface area contributed by atoms with Crippen LogP contribution in [0.4, 0.5) is 0 Å². The molecule has 0 unspecified atom stereocenters. The predicted molar refractivity (Wildman–Crippen MR) is 115 cm³/mol. The molecule has 0 saturated carbocycles. The SMILES string of the molecule is Cc1coc2c1c(C)cc1oc(=O)c(CC(=O)NC[C@@H](O)c3ccccc3)c(C)c12. The number of nitrogens with one attached hydrogen (secondary N) is 1. The minimum absolute atomic E-state index is 0.0572. The Hall–Kier alpha value is -3.38. The number of carbonyl (C=O) groups is 1. The molecule has 0 aliphatic carbocycles. The number of aliphatic hydroxyl groups is 1. The first-order chi connectivity index (χ1) is 14.4. The molecular weight excluding hydrogens is 382 g/mol. The van der Waals surface area contributed by atoms with Crippen LogP contribution in [0.2, 0.25) is 0 Å². The molecule has 4 rings (SSSR count). The lowest BCUT2D eigenvalue weighted by molar-refractivity contribution is -0.120. The van der Waals surface area contributed by atoms with Gasteiger partial charge in [-0.15, -0.1) is 0 Å². The lowest BCUT2D eigenvalue weighted by Gasteiger charge is -2.13. The van der Waals surface area contributed by atoms with Crippen LogP contribution < -0.4 is 10.9 Å². The molecule has 2 aromatic heterocycles. The second kappa shape index (κ2) is 7.80. The highest BCUT2D eigenvalue weighted by atomic mass is 16.4. The van der Waals surface area contributed by atoms with Crippen molar-refractivity contribution >= 4 is 27.8 Å². The molecule has 154 valence electrons. The molecule has 6 heteroatoms. The first-order valence-corrected chi connectivity index (χ1v) is 9.80. The molecule has 2 N–H and O–H groups in total. The van der Waals surface area contributed by atoms with Crippen molar-refractivity contribution in [3.05, 3.63) is 80.9 Å². The van der Waals surface area contributed by atoms with E-state index in [0.717, 1.165) is 16.5 Å². The molecule has 0 fully saturated rings. The van der Waals surface area contributed by atoms with E-state index in [0.29, 0.717) is 27.7 Å². The van der Waals surface area contributed by atoms with E-state index in [2.05, 4.69) is 5.32 Å². The molecule has 6 nitrogen and oxygen atoms in total. The van der Waals surface area contributed by atoms with Crippen LogP contribution in [0.3, 0.4) is 0 Å². The summed E-state index contributed by atoms with van der Waals surface area (Å²) >= 11 is 0. The van der Waals surface area contributed by atoms with Crippen LogP contribution in [0.15, 0.2) is 56.3 Å². The fourth-order valence-electron chi connectivity index (χ4n) is 3.90. The average Bonchev–Trinajstić information content (AvgIpc) is 3.11. The second-order valence-electron chi connectivity index (χ2n) is 7.59. The third kappa shape index (κ3) is 3.50. The zero-order valence-electron chi connectivity index (χ0n) is 17.1. The van der Waals surface area contributed by atoms with Crippen molar-refractivity contribution in [1.29, 1.82) is 0 Å². The Bertz CT molecular complexity index is 1300. The molecule has 2 heterocycles. The number of aliphatic hydroxyl groups excluding tert-OH is 1. The van der Waals surface area contributed by atoms with Crippen LogP contribution in [0.1, 0.15) is 33.9 Å². The van der Waals surface area contributed by atoms with Crippen LogP contribution in [0.5, 0.6) is 0 Å². The molecular formula is C24H23NO5. The van der Waals surface area contributed by atoms with E-state index in [9.17, 15) is 14.7 Å². The Kier molecular flexibility index (Phi) is 5.18. The van der Waals surface area contributed by atoms with E-state index in [-0.39, 0.29) is 24.4 Å². The number of hydrogen-bond acceptors (Lipinski definition) is 5. The number of furan rings is 1. The van der Waals surface area contributed by atoms with Crippen LogP contribution in [-0.2, 0) is 11.2 Å². The van der Waals surface area contributed by atoms with Crippen molar-refractivity contribution in [1.82, 2.24) is 5.32 Å². The largest absolute Gasteiger partial charge is 0.463 e. The third-order valence-electron chi connectivity index (χ3n) is 5.48. The summed E-state index contributed by atoms with van der Waals surface area (Å²) in [5.74, 6) is -0.362. The molecule has 1 amide bonds. The Balaban J connectivity index is 1.62. The Labute approximate surface area is 173 Å². The van der Waals surface area contributed by atoms with E-state index in [1.165, 1.54) is 0 Å². The lowest BCUT2D eigenvalue weighted by Crippen LogP contribution is -2.31. The molecule has 0 radical (unpaired) electrons. The summed E-state index contributed by atoms with van der Waals surface area (Å²) < 4.78 is 11.3. The number of aryl methyl sites for hydroxylation is 3. The van der Waals surface area contributed by atoms with E-state index in [4.69, 9.17) is 8.83 Å². The van der Waals surface area contributed by atoms with Gasteiger partial charge in [0.15, 0.2) is 0 Å². The zero-order chi connectivity index (χ0) is 21.4. The summed E-state index contributed by atoms with van der Waals surface area (Å²) in [7, 11) is 0. The molecule has 1 atom stereocenters. The van der Waals surface area contributed by atoms with Crippen LogP contribution in [0.25, 0.3) is 21.9 Å². The van der Waals surface area contributed by atoms with Gasteiger partial charge in [-0.2, -0.15) is 0 Å². The first-order valence-electron chi connectivity index (χ1n) is 9.80. The molecule has 0 spiro atoms. The summed E-state index contributed by atoms with van der Waals surface area (Å²) in [5, 5.41) is 14.6. The predicted octanol–water partition coefficient (Wildman–Crippen LogP) is 3.86. The van der Waals surface area contributed by atoms with Crippen LogP contribution in [0, 0.1) is 20.8 Å². The molecule has 2 aromatic carbocycles. The van der Waals surface area contributed by atoms with Gasteiger partial charge in [0.1, 0.15) is 11.2 Å². The molecule has 4 aromatic rings. The van der Waals surface area contributed by atoms with Crippen LogP contribution in [-0.4, -0.2) is 17.6 Å². The first kappa shape index (κ1) is 19.9. The van der Waals surface area contributed by atoms with Crippen molar-refractivity contribution < 1.29 is 18.7 Å². The average molecular weight is 405 g/mol. The minimum atomic E-state index is -0.821. The summed E-state index contributed by atoms with van der Waals surface area (Å²) in [6, 6.07) is 10.9. The van der Waals surface area contributed by atoms with Gasteiger partial charge in [0, 0.05) is 11.9 Å². The number of carbonyl (C=O) groups excluding carboxylic acids is 1. The number of fused-ring (bicyclic) bond motifs is 3. The van der Waals surface area contributed by atoms with Gasteiger partial charge >= 0.3 is 5.63 Å². The highest BCUT2D eigenvalue weighted by Crippen LogP contribution is 2.34. The second-order valence-corrected chi connectivity index (χ2v) is 7.59. The molecule has 0 bridgehead atoms. The smallest absolute Gasteiger partial charge is 0.340 e. The summed E-state index contributed by atoms with van der Waals surface area (Å²) in [6.45, 7) is 5.76. The number of amides is 1. The summed E-state index contributed by atoms with van der Waals surface area (Å²) in [6.07, 6.45) is 0.720. The van der Waals surface area contributed by atoms with E-state index < -0.39 is 11.7 Å². The fraction of sp³-hybridized carbons (Fsp3) is 0.250. The van der Waals surface area contributed by atoms with Gasteiger partial charge in [-0.1, -0.05) is 30.3 Å². The number of hydrogen-bond donors (Lipinski definition) is 2. The lowest BCUT2D eigenvalue weighted by atomic mass is 9.98. The van der Waals surface area contributed by atoms with Gasteiger partial charge < -0.3 is 19.3 Å². The Morgan fingerprint density at radius 1 is 1.10 bits per heavy atom. The fourth-order valence-corrected chi connectivity index (χ4v) is 3.90. The normalized spacial score (nSPS) is 12.4. The summed E-state index contributed by atoms with van der Waals surface area (Å²) in [5.41, 5.74) is 4.19. The number of benzene rings is 2. The quantitative estimate of drug-likeness (QED) is 0.492. The monoisotopic (exact) mass is 405 g/mol. The van der Waals surface area contributed by atoms with Crippen molar-refractivity contribution in [2.24, 2.45) is 0 Å². The molecule has 30 heavy (non-hydrogen) atoms. The summed E-state index contributed by atoms with van der Waals surface area (Å²) in [4.78, 5) is 25.1. The van der Waals surface area contributed by atoms with Gasteiger partial charge in [-0.25, -0.2) is 4.79 Å². The topological polar surface area (TPSA) is 92.7 Å².